The molecule has 0 spiro atoms. The van der Waals surface area contributed by atoms with Crippen molar-refractivity contribution in [2.24, 2.45) is 5.73 Å². The molecular weight excluding hydrogens is 254 g/mol. The number of nitrogens with zero attached hydrogens (tertiary/aromatic N) is 2. The molecule has 2 N–H and O–H groups in total. The van der Waals surface area contributed by atoms with E-state index in [1.165, 1.54) is 6.42 Å². The fourth-order valence-electron chi connectivity index (χ4n) is 2.44. The van der Waals surface area contributed by atoms with Crippen LogP contribution in [0.3, 0.4) is 0 Å². The van der Waals surface area contributed by atoms with E-state index in [9.17, 15) is 0 Å². The standard InChI is InChI=1S/C15H19N3O2/c16-14(11-6-2-1-3-7-11)15-18-17-13(20-15)10-12-8-4-5-9-19-12/h1-3,6-7,12,14H,4-5,8-10,16H2. The van der Waals surface area contributed by atoms with Crippen molar-refractivity contribution in [3.8, 4) is 0 Å². The molecule has 0 bridgehead atoms. The first kappa shape index (κ1) is 13.3. The van der Waals surface area contributed by atoms with Crippen LogP contribution >= 0.6 is 0 Å². The van der Waals surface area contributed by atoms with Gasteiger partial charge in [-0.2, -0.15) is 0 Å². The first-order chi connectivity index (χ1) is 9.83. The van der Waals surface area contributed by atoms with E-state index >= 15 is 0 Å². The quantitative estimate of drug-likeness (QED) is 0.924. The molecular formula is C15H19N3O2. The molecule has 2 atom stereocenters. The number of benzene rings is 1. The Hall–Kier alpha value is -1.72. The summed E-state index contributed by atoms with van der Waals surface area (Å²) < 4.78 is 11.4. The molecule has 2 unspecified atom stereocenters. The van der Waals surface area contributed by atoms with Gasteiger partial charge in [-0.05, 0) is 24.8 Å². The molecule has 1 aliphatic rings. The van der Waals surface area contributed by atoms with E-state index in [-0.39, 0.29) is 12.1 Å². The van der Waals surface area contributed by atoms with E-state index in [4.69, 9.17) is 14.9 Å². The minimum Gasteiger partial charge on any atom is -0.423 e. The van der Waals surface area contributed by atoms with Crippen LogP contribution in [0.1, 0.15) is 42.6 Å². The SMILES string of the molecule is NC(c1ccccc1)c1nnc(CC2CCCCO2)o1. The summed E-state index contributed by atoms with van der Waals surface area (Å²) in [6.45, 7) is 0.829. The lowest BCUT2D eigenvalue weighted by molar-refractivity contribution is 0.0130. The normalized spacial score (nSPS) is 20.8. The molecule has 20 heavy (non-hydrogen) atoms. The molecule has 2 aromatic rings. The number of aromatic nitrogens is 2. The van der Waals surface area contributed by atoms with Gasteiger partial charge in [0.05, 0.1) is 12.5 Å². The Kier molecular flexibility index (Phi) is 4.08. The highest BCUT2D eigenvalue weighted by Gasteiger charge is 2.20. The maximum absolute atomic E-state index is 6.14. The first-order valence-corrected chi connectivity index (χ1v) is 7.07. The summed E-state index contributed by atoms with van der Waals surface area (Å²) in [7, 11) is 0. The van der Waals surface area contributed by atoms with E-state index in [1.54, 1.807) is 0 Å². The Balaban J connectivity index is 1.67. The second-order valence-electron chi connectivity index (χ2n) is 5.12. The summed E-state index contributed by atoms with van der Waals surface area (Å²) >= 11 is 0. The number of hydrogen-bond donors (Lipinski definition) is 1. The molecule has 5 nitrogen and oxygen atoms in total. The monoisotopic (exact) mass is 273 g/mol. The average molecular weight is 273 g/mol. The van der Waals surface area contributed by atoms with Gasteiger partial charge >= 0.3 is 0 Å². The van der Waals surface area contributed by atoms with Crippen molar-refractivity contribution in [1.29, 1.82) is 0 Å². The zero-order valence-electron chi connectivity index (χ0n) is 11.4. The third-order valence-electron chi connectivity index (χ3n) is 3.58. The minimum absolute atomic E-state index is 0.199. The number of rotatable bonds is 4. The largest absolute Gasteiger partial charge is 0.423 e. The van der Waals surface area contributed by atoms with Crippen LogP contribution < -0.4 is 5.73 Å². The Morgan fingerprint density at radius 3 is 2.80 bits per heavy atom. The van der Waals surface area contributed by atoms with Gasteiger partial charge in [0.1, 0.15) is 6.04 Å². The van der Waals surface area contributed by atoms with Crippen LogP contribution in [-0.4, -0.2) is 22.9 Å². The highest BCUT2D eigenvalue weighted by molar-refractivity contribution is 5.22. The molecule has 0 radical (unpaired) electrons. The maximum atomic E-state index is 6.14. The predicted octanol–water partition coefficient (Wildman–Crippen LogP) is 2.23. The third kappa shape index (κ3) is 3.05. The summed E-state index contributed by atoms with van der Waals surface area (Å²) in [4.78, 5) is 0. The molecule has 0 amide bonds. The molecule has 3 rings (SSSR count). The van der Waals surface area contributed by atoms with E-state index in [0.29, 0.717) is 18.2 Å². The lowest BCUT2D eigenvalue weighted by atomic mass is 10.1. The summed E-state index contributed by atoms with van der Waals surface area (Å²) in [6, 6.07) is 9.39. The van der Waals surface area contributed by atoms with Gasteiger partial charge in [-0.25, -0.2) is 0 Å². The van der Waals surface area contributed by atoms with Crippen molar-refractivity contribution in [2.75, 3.05) is 6.61 Å². The molecule has 1 aliphatic heterocycles. The smallest absolute Gasteiger partial charge is 0.237 e. The van der Waals surface area contributed by atoms with Gasteiger partial charge in [0.25, 0.3) is 0 Å². The molecule has 1 aromatic carbocycles. The zero-order chi connectivity index (χ0) is 13.8. The number of hydrogen-bond acceptors (Lipinski definition) is 5. The van der Waals surface area contributed by atoms with E-state index in [1.807, 2.05) is 30.3 Å². The molecule has 2 heterocycles. The Morgan fingerprint density at radius 1 is 1.20 bits per heavy atom. The van der Waals surface area contributed by atoms with Gasteiger partial charge < -0.3 is 14.9 Å². The highest BCUT2D eigenvalue weighted by atomic mass is 16.5. The summed E-state index contributed by atoms with van der Waals surface area (Å²) in [5.41, 5.74) is 7.10. The second-order valence-corrected chi connectivity index (χ2v) is 5.12. The Morgan fingerprint density at radius 2 is 2.05 bits per heavy atom. The molecule has 106 valence electrons. The van der Waals surface area contributed by atoms with Crippen molar-refractivity contribution in [1.82, 2.24) is 10.2 Å². The average Bonchev–Trinajstić information content (AvgIpc) is 2.97. The molecule has 1 fully saturated rings. The fourth-order valence-corrected chi connectivity index (χ4v) is 2.44. The van der Waals surface area contributed by atoms with Gasteiger partial charge in [0, 0.05) is 6.61 Å². The topological polar surface area (TPSA) is 74.2 Å². The number of ether oxygens (including phenoxy) is 1. The summed E-state index contributed by atoms with van der Waals surface area (Å²) in [5.74, 6) is 1.07. The maximum Gasteiger partial charge on any atom is 0.237 e. The van der Waals surface area contributed by atoms with E-state index in [0.717, 1.165) is 25.0 Å². The minimum atomic E-state index is -0.371. The second kappa shape index (κ2) is 6.15. The zero-order valence-corrected chi connectivity index (χ0v) is 11.4. The highest BCUT2D eigenvalue weighted by Crippen LogP contribution is 2.20. The lowest BCUT2D eigenvalue weighted by Gasteiger charge is -2.20. The van der Waals surface area contributed by atoms with Gasteiger partial charge in [-0.3, -0.25) is 0 Å². The predicted molar refractivity (Wildman–Crippen MR) is 74.1 cm³/mol. The van der Waals surface area contributed by atoms with Crippen LogP contribution in [0.4, 0.5) is 0 Å². The van der Waals surface area contributed by atoms with Gasteiger partial charge in [-0.15, -0.1) is 10.2 Å². The van der Waals surface area contributed by atoms with Crippen LogP contribution in [0.2, 0.25) is 0 Å². The van der Waals surface area contributed by atoms with Crippen LogP contribution in [0.5, 0.6) is 0 Å². The van der Waals surface area contributed by atoms with Gasteiger partial charge in [0.15, 0.2) is 0 Å². The van der Waals surface area contributed by atoms with Crippen LogP contribution in [0.25, 0.3) is 0 Å². The van der Waals surface area contributed by atoms with Crippen LogP contribution in [0.15, 0.2) is 34.7 Å². The third-order valence-corrected chi connectivity index (χ3v) is 3.58. The fraction of sp³-hybridized carbons (Fsp3) is 0.467. The molecule has 0 saturated carbocycles. The van der Waals surface area contributed by atoms with Crippen LogP contribution in [0, 0.1) is 0 Å². The lowest BCUT2D eigenvalue weighted by Crippen LogP contribution is -2.21. The van der Waals surface area contributed by atoms with Crippen molar-refractivity contribution < 1.29 is 9.15 Å². The van der Waals surface area contributed by atoms with Crippen molar-refractivity contribution >= 4 is 0 Å². The summed E-state index contributed by atoms with van der Waals surface area (Å²) in [5, 5.41) is 8.14. The molecule has 1 aromatic heterocycles. The van der Waals surface area contributed by atoms with Crippen molar-refractivity contribution in [3.05, 3.63) is 47.7 Å². The van der Waals surface area contributed by atoms with Gasteiger partial charge in [-0.1, -0.05) is 30.3 Å². The molecule has 5 heteroatoms. The van der Waals surface area contributed by atoms with E-state index in [2.05, 4.69) is 10.2 Å². The van der Waals surface area contributed by atoms with Crippen molar-refractivity contribution in [3.63, 3.8) is 0 Å². The molecule has 1 saturated heterocycles. The Labute approximate surface area is 118 Å². The first-order valence-electron chi connectivity index (χ1n) is 7.07. The van der Waals surface area contributed by atoms with Gasteiger partial charge in [0.2, 0.25) is 11.8 Å². The number of nitrogens with two attached hydrogens (primary N) is 1. The van der Waals surface area contributed by atoms with E-state index < -0.39 is 0 Å². The van der Waals surface area contributed by atoms with Crippen LogP contribution in [-0.2, 0) is 11.2 Å². The Bertz CT molecular complexity index is 535. The summed E-state index contributed by atoms with van der Waals surface area (Å²) in [6.07, 6.45) is 4.28. The van der Waals surface area contributed by atoms with Crippen molar-refractivity contribution in [2.45, 2.75) is 37.8 Å². The molecule has 0 aliphatic carbocycles.